The van der Waals surface area contributed by atoms with E-state index in [1.54, 1.807) is 30.3 Å². The van der Waals surface area contributed by atoms with Crippen molar-refractivity contribution in [1.82, 2.24) is 0 Å². The van der Waals surface area contributed by atoms with E-state index in [9.17, 15) is 14.7 Å². The monoisotopic (exact) mass is 442 g/mol. The normalized spacial score (nSPS) is 18.3. The molecule has 2 aliphatic rings. The Bertz CT molecular complexity index is 1000. The van der Waals surface area contributed by atoms with Crippen LogP contribution in [-0.4, -0.2) is 22.7 Å². The highest BCUT2D eigenvalue weighted by atomic mass is 79.9. The lowest BCUT2D eigenvalue weighted by molar-refractivity contribution is -0.116. The summed E-state index contributed by atoms with van der Waals surface area (Å²) in [5.74, 6) is -0.524. The van der Waals surface area contributed by atoms with Crippen LogP contribution in [-0.2, 0) is 9.53 Å². The van der Waals surface area contributed by atoms with Crippen LogP contribution >= 0.6 is 15.9 Å². The Morgan fingerprint density at radius 2 is 2.04 bits per heavy atom. The second-order valence-electron chi connectivity index (χ2n) is 6.90. The minimum absolute atomic E-state index is 0.0547. The summed E-state index contributed by atoms with van der Waals surface area (Å²) in [6.45, 7) is 2.10. The van der Waals surface area contributed by atoms with Gasteiger partial charge in [-0.2, -0.15) is 5.10 Å². The van der Waals surface area contributed by atoms with Gasteiger partial charge >= 0.3 is 5.97 Å². The van der Waals surface area contributed by atoms with Crippen molar-refractivity contribution in [3.8, 4) is 5.75 Å². The van der Waals surface area contributed by atoms with Crippen molar-refractivity contribution in [3.63, 3.8) is 0 Å². The average molecular weight is 443 g/mol. The van der Waals surface area contributed by atoms with Crippen molar-refractivity contribution in [2.45, 2.75) is 38.7 Å². The van der Waals surface area contributed by atoms with Gasteiger partial charge in [0, 0.05) is 15.6 Å². The number of anilines is 1. The van der Waals surface area contributed by atoms with E-state index in [2.05, 4.69) is 28.0 Å². The SMILES string of the molecule is CCCCC1OC(=O)c2cc(N3N=C(c4ccc(Br)cc4O)CC3=O)ccc21. The standard InChI is InChI=1S/C21H19BrN2O4/c1-2-3-4-19-14-8-6-13(10-16(14)21(27)28-19)24-20(26)11-17(23-24)15-7-5-12(22)9-18(15)25/h5-10,19,25H,2-4,11H2,1H3. The van der Waals surface area contributed by atoms with Crippen LogP contribution in [0.3, 0.4) is 0 Å². The lowest BCUT2D eigenvalue weighted by atomic mass is 10.0. The first-order chi connectivity index (χ1) is 13.5. The lowest BCUT2D eigenvalue weighted by Crippen LogP contribution is -2.19. The van der Waals surface area contributed by atoms with Crippen molar-refractivity contribution >= 4 is 39.2 Å². The maximum Gasteiger partial charge on any atom is 0.339 e. The fraction of sp³-hybridized carbons (Fsp3) is 0.286. The van der Waals surface area contributed by atoms with E-state index in [-0.39, 0.29) is 30.2 Å². The highest BCUT2D eigenvalue weighted by molar-refractivity contribution is 9.10. The molecule has 1 unspecified atom stereocenters. The Hall–Kier alpha value is -2.67. The molecule has 0 bridgehead atoms. The summed E-state index contributed by atoms with van der Waals surface area (Å²) >= 11 is 3.30. The number of phenols is 1. The van der Waals surface area contributed by atoms with Crippen LogP contribution in [0.4, 0.5) is 5.69 Å². The summed E-state index contributed by atoms with van der Waals surface area (Å²) in [6.07, 6.45) is 2.67. The molecule has 6 nitrogen and oxygen atoms in total. The number of amides is 1. The summed E-state index contributed by atoms with van der Waals surface area (Å²) in [5.41, 5.74) is 2.87. The number of carbonyl (C=O) groups is 2. The summed E-state index contributed by atoms with van der Waals surface area (Å²) in [4.78, 5) is 24.8. The zero-order chi connectivity index (χ0) is 19.8. The maximum atomic E-state index is 12.5. The number of hydrogen-bond donors (Lipinski definition) is 1. The predicted octanol–water partition coefficient (Wildman–Crippen LogP) is 4.70. The van der Waals surface area contributed by atoms with Crippen LogP contribution in [0.2, 0.25) is 0 Å². The number of esters is 1. The number of nitrogens with zero attached hydrogens (tertiary/aromatic N) is 2. The molecule has 0 aliphatic carbocycles. The number of ether oxygens (including phenoxy) is 1. The third-order valence-electron chi connectivity index (χ3n) is 4.96. The van der Waals surface area contributed by atoms with E-state index in [0.29, 0.717) is 22.5 Å². The van der Waals surface area contributed by atoms with Crippen LogP contribution in [0.15, 0.2) is 46.0 Å². The molecule has 1 amide bonds. The predicted molar refractivity (Wildman–Crippen MR) is 109 cm³/mol. The first-order valence-electron chi connectivity index (χ1n) is 9.22. The van der Waals surface area contributed by atoms with Crippen LogP contribution < -0.4 is 5.01 Å². The number of hydrogen-bond acceptors (Lipinski definition) is 5. The number of carbonyl (C=O) groups excluding carboxylic acids is 2. The van der Waals surface area contributed by atoms with Gasteiger partial charge in [0.1, 0.15) is 11.9 Å². The highest BCUT2D eigenvalue weighted by Gasteiger charge is 2.33. The molecule has 4 rings (SSSR count). The van der Waals surface area contributed by atoms with Crippen molar-refractivity contribution in [1.29, 1.82) is 0 Å². The number of hydrazone groups is 1. The number of benzene rings is 2. The Labute approximate surface area is 170 Å². The summed E-state index contributed by atoms with van der Waals surface area (Å²) < 4.78 is 6.22. The number of halogens is 1. The number of phenolic OH excluding ortho intramolecular Hbond substituents is 1. The van der Waals surface area contributed by atoms with Crippen molar-refractivity contribution in [2.75, 3.05) is 5.01 Å². The number of rotatable bonds is 5. The largest absolute Gasteiger partial charge is 0.507 e. The van der Waals surface area contributed by atoms with Gasteiger partial charge in [-0.05, 0) is 43.2 Å². The Morgan fingerprint density at radius 1 is 1.21 bits per heavy atom. The van der Waals surface area contributed by atoms with Crippen LogP contribution in [0.5, 0.6) is 5.75 Å². The molecule has 2 aliphatic heterocycles. The van der Waals surface area contributed by atoms with Crippen LogP contribution in [0.1, 0.15) is 60.2 Å². The molecule has 144 valence electrons. The minimum atomic E-state index is -0.362. The number of cyclic esters (lactones) is 1. The molecule has 0 spiro atoms. The molecule has 0 fully saturated rings. The van der Waals surface area contributed by atoms with E-state index >= 15 is 0 Å². The molecule has 2 aromatic rings. The van der Waals surface area contributed by atoms with Gasteiger partial charge in [0.2, 0.25) is 0 Å². The van der Waals surface area contributed by atoms with E-state index in [4.69, 9.17) is 4.74 Å². The molecular weight excluding hydrogens is 424 g/mol. The summed E-state index contributed by atoms with van der Waals surface area (Å²) in [5, 5.41) is 15.8. The fourth-order valence-electron chi connectivity index (χ4n) is 3.52. The zero-order valence-corrected chi connectivity index (χ0v) is 16.9. The third kappa shape index (κ3) is 3.30. The Morgan fingerprint density at radius 3 is 2.79 bits per heavy atom. The second-order valence-corrected chi connectivity index (χ2v) is 7.81. The van der Waals surface area contributed by atoms with E-state index in [0.717, 1.165) is 29.3 Å². The molecule has 7 heteroatoms. The molecule has 0 saturated carbocycles. The van der Waals surface area contributed by atoms with Crippen LogP contribution in [0.25, 0.3) is 0 Å². The van der Waals surface area contributed by atoms with E-state index in [1.807, 2.05) is 6.07 Å². The van der Waals surface area contributed by atoms with Gasteiger partial charge in [0.25, 0.3) is 5.91 Å². The first kappa shape index (κ1) is 18.7. The fourth-order valence-corrected chi connectivity index (χ4v) is 3.87. The lowest BCUT2D eigenvalue weighted by Gasteiger charge is -2.13. The highest BCUT2D eigenvalue weighted by Crippen LogP contribution is 2.37. The van der Waals surface area contributed by atoms with Gasteiger partial charge < -0.3 is 9.84 Å². The van der Waals surface area contributed by atoms with Crippen LogP contribution in [0, 0.1) is 0 Å². The smallest absolute Gasteiger partial charge is 0.339 e. The van der Waals surface area contributed by atoms with Gasteiger partial charge in [-0.3, -0.25) is 4.79 Å². The molecule has 2 aromatic carbocycles. The van der Waals surface area contributed by atoms with E-state index in [1.165, 1.54) is 5.01 Å². The van der Waals surface area contributed by atoms with Gasteiger partial charge in [0.05, 0.1) is 23.4 Å². The molecule has 28 heavy (non-hydrogen) atoms. The Kier molecular flexibility index (Phi) is 4.93. The maximum absolute atomic E-state index is 12.5. The topological polar surface area (TPSA) is 79.2 Å². The second kappa shape index (κ2) is 7.39. The first-order valence-corrected chi connectivity index (χ1v) is 10.0. The molecule has 1 atom stereocenters. The number of unbranched alkanes of at least 4 members (excludes halogenated alkanes) is 1. The number of fused-ring (bicyclic) bond motifs is 1. The Balaban J connectivity index is 1.64. The molecule has 2 heterocycles. The van der Waals surface area contributed by atoms with Crippen molar-refractivity contribution in [2.24, 2.45) is 5.10 Å². The van der Waals surface area contributed by atoms with Gasteiger partial charge in [-0.25, -0.2) is 9.80 Å². The van der Waals surface area contributed by atoms with Crippen molar-refractivity contribution < 1.29 is 19.4 Å². The van der Waals surface area contributed by atoms with Gasteiger partial charge in [-0.15, -0.1) is 0 Å². The molecule has 0 saturated heterocycles. The zero-order valence-electron chi connectivity index (χ0n) is 15.3. The molecule has 0 radical (unpaired) electrons. The summed E-state index contributed by atoms with van der Waals surface area (Å²) in [7, 11) is 0. The molecule has 0 aromatic heterocycles. The molecular formula is C21H19BrN2O4. The third-order valence-corrected chi connectivity index (χ3v) is 5.46. The number of aromatic hydroxyl groups is 1. The minimum Gasteiger partial charge on any atom is -0.507 e. The molecule has 1 N–H and O–H groups in total. The quantitative estimate of drug-likeness (QED) is 0.680. The average Bonchev–Trinajstić information content (AvgIpc) is 3.20. The van der Waals surface area contributed by atoms with E-state index < -0.39 is 0 Å². The van der Waals surface area contributed by atoms with Gasteiger partial charge in [0.15, 0.2) is 0 Å². The van der Waals surface area contributed by atoms with Crippen molar-refractivity contribution in [3.05, 3.63) is 57.6 Å². The van der Waals surface area contributed by atoms with Gasteiger partial charge in [-0.1, -0.05) is 35.3 Å². The summed E-state index contributed by atoms with van der Waals surface area (Å²) in [6, 6.07) is 10.3.